The number of fused-ring (bicyclic) bond motifs is 4. The standard InChI is InChI=1S/2C25H31ClN2O6.2C25H32N2O6/c2*1-17-9-5-2-3-8-12-33-25(32)23-19(24(26)21(30)15-20(23)29)14-18(13-17)27-34-16-22(31)28-10-6-4-7-11-28;2*1-18-9-5-2-3-8-12-32-25(31)24-19(15-21(28)16-22(24)29)14-20(13-18)26-33-17-23(30)27-10-6-4-7-11-27/h2*2-3,13,15,29-30H,4-12,14,16H2,1H3;2*2-3,13,15-16,28-29H,4-12,14,17H2,1H3/b3-2+,17-13+,27-18+;3-2+,17-13+,27-18-;3-2+,18-13+,26-20+;3-2+,18-13+,26-20-. The summed E-state index contributed by atoms with van der Waals surface area (Å²) in [7, 11) is 0. The van der Waals surface area contributed by atoms with Gasteiger partial charge in [-0.25, -0.2) is 19.2 Å². The molecule has 8 aliphatic heterocycles. The first-order valence-electron chi connectivity index (χ1n) is 46.0. The molecular weight excluding hydrogens is 1770 g/mol. The van der Waals surface area contributed by atoms with Gasteiger partial charge in [-0.15, -0.1) is 0 Å². The summed E-state index contributed by atoms with van der Waals surface area (Å²) in [6.07, 6.45) is 44.4. The number of likely N-dealkylation sites (tertiary alicyclic amines) is 4. The van der Waals surface area contributed by atoms with Gasteiger partial charge in [0.1, 0.15) is 68.2 Å². The van der Waals surface area contributed by atoms with Crippen LogP contribution in [0.4, 0.5) is 0 Å². The van der Waals surface area contributed by atoms with Crippen LogP contribution in [0.3, 0.4) is 0 Å². The molecule has 724 valence electrons. The number of phenolic OH excluding ortho intramolecular Hbond substituents is 8. The highest BCUT2D eigenvalue weighted by molar-refractivity contribution is 6.34. The van der Waals surface area contributed by atoms with Crippen molar-refractivity contribution in [2.45, 2.75) is 207 Å². The normalized spacial score (nSPS) is 21.7. The quantitative estimate of drug-likeness (QED) is 0.0283. The highest BCUT2D eigenvalue weighted by atomic mass is 35.5. The minimum Gasteiger partial charge on any atom is -0.508 e. The number of hydrogen-bond donors (Lipinski definition) is 8. The van der Waals surface area contributed by atoms with Crippen LogP contribution in [0.25, 0.3) is 0 Å². The molecule has 0 aliphatic carbocycles. The number of phenols is 8. The van der Waals surface area contributed by atoms with Gasteiger partial charge in [0.05, 0.1) is 59.3 Å². The van der Waals surface area contributed by atoms with Crippen LogP contribution in [0.1, 0.15) is 245 Å². The van der Waals surface area contributed by atoms with Crippen molar-refractivity contribution in [2.75, 3.05) is 105 Å². The Labute approximate surface area is 791 Å². The Balaban J connectivity index is 0.000000201. The molecule has 32 nitrogen and oxygen atoms in total. The predicted molar refractivity (Wildman–Crippen MR) is 507 cm³/mol. The molecule has 0 spiro atoms. The first-order valence-corrected chi connectivity index (χ1v) is 46.8. The minimum absolute atomic E-state index is 0.0167. The zero-order chi connectivity index (χ0) is 96.3. The molecule has 8 aliphatic rings. The number of carbonyl (C=O) groups excluding carboxylic acids is 8. The summed E-state index contributed by atoms with van der Waals surface area (Å²) in [6.45, 7) is 13.6. The fraction of sp³-hybridized carbons (Fsp3) is 0.480. The average molecular weight is 1900 g/mol. The maximum Gasteiger partial charge on any atom is 0.342 e. The second-order valence-corrected chi connectivity index (χ2v) is 34.5. The van der Waals surface area contributed by atoms with Gasteiger partial charge in [-0.1, -0.05) is 115 Å². The number of piperidine rings is 4. The third kappa shape index (κ3) is 34.8. The molecule has 12 rings (SSSR count). The maximum absolute atomic E-state index is 12.7. The number of allylic oxidation sites excluding steroid dienone is 12. The molecule has 0 bridgehead atoms. The highest BCUT2D eigenvalue weighted by Gasteiger charge is 2.30. The van der Waals surface area contributed by atoms with Crippen LogP contribution in [0.15, 0.2) is 152 Å². The number of esters is 4. The van der Waals surface area contributed by atoms with Crippen molar-refractivity contribution in [3.63, 3.8) is 0 Å². The maximum atomic E-state index is 12.7. The van der Waals surface area contributed by atoms with Crippen LogP contribution >= 0.6 is 23.2 Å². The van der Waals surface area contributed by atoms with E-state index in [2.05, 4.69) is 20.6 Å². The largest absolute Gasteiger partial charge is 0.508 e. The Morgan fingerprint density at radius 2 is 0.545 bits per heavy atom. The molecule has 4 aromatic rings. The smallest absolute Gasteiger partial charge is 0.342 e. The van der Waals surface area contributed by atoms with Crippen LogP contribution in [0.2, 0.25) is 10.0 Å². The van der Waals surface area contributed by atoms with E-state index in [0.29, 0.717) is 59.7 Å². The third-order valence-corrected chi connectivity index (χ3v) is 23.7. The molecule has 4 fully saturated rings. The number of carbonyl (C=O) groups is 8. The first-order chi connectivity index (χ1) is 64.6. The van der Waals surface area contributed by atoms with Gasteiger partial charge in [-0.2, -0.15) is 0 Å². The van der Waals surface area contributed by atoms with Gasteiger partial charge >= 0.3 is 23.9 Å². The van der Waals surface area contributed by atoms with E-state index in [9.17, 15) is 79.2 Å². The molecule has 0 atom stereocenters. The van der Waals surface area contributed by atoms with E-state index in [0.717, 1.165) is 227 Å². The molecular formula is C100H126Cl2N8O24. The minimum atomic E-state index is -0.749. The van der Waals surface area contributed by atoms with E-state index < -0.39 is 35.4 Å². The molecule has 4 aromatic carbocycles. The average Bonchev–Trinajstić information content (AvgIpc) is 0.783. The summed E-state index contributed by atoms with van der Waals surface area (Å²) in [5, 5.41) is 98.3. The summed E-state index contributed by atoms with van der Waals surface area (Å²) >= 11 is 12.7. The van der Waals surface area contributed by atoms with Crippen molar-refractivity contribution in [3.8, 4) is 46.0 Å². The summed E-state index contributed by atoms with van der Waals surface area (Å²) in [6, 6.07) is 7.04. The predicted octanol–water partition coefficient (Wildman–Crippen LogP) is 16.8. The van der Waals surface area contributed by atoms with Gasteiger partial charge in [0, 0.05) is 102 Å². The van der Waals surface area contributed by atoms with Crippen molar-refractivity contribution in [2.24, 2.45) is 20.6 Å². The molecule has 0 radical (unpaired) electrons. The number of rotatable bonds is 12. The number of nitrogens with zero attached hydrogens (tertiary/aromatic N) is 8. The molecule has 8 N–H and O–H groups in total. The number of aromatic hydroxyl groups is 8. The van der Waals surface area contributed by atoms with E-state index in [-0.39, 0.29) is 180 Å². The van der Waals surface area contributed by atoms with Crippen LogP contribution in [-0.4, -0.2) is 236 Å². The highest BCUT2D eigenvalue weighted by Crippen LogP contribution is 2.40. The fourth-order valence-corrected chi connectivity index (χ4v) is 16.3. The number of benzene rings is 4. The van der Waals surface area contributed by atoms with Crippen molar-refractivity contribution in [3.05, 3.63) is 186 Å². The van der Waals surface area contributed by atoms with E-state index in [1.165, 1.54) is 12.1 Å². The fourth-order valence-electron chi connectivity index (χ4n) is 15.8. The second-order valence-electron chi connectivity index (χ2n) is 33.8. The molecule has 0 aromatic heterocycles. The van der Waals surface area contributed by atoms with Crippen molar-refractivity contribution >= 4 is 93.6 Å². The Morgan fingerprint density at radius 3 is 0.806 bits per heavy atom. The summed E-state index contributed by atoms with van der Waals surface area (Å²) < 4.78 is 21.2. The van der Waals surface area contributed by atoms with E-state index in [1.807, 2.05) is 88.5 Å². The Hall–Kier alpha value is -12.6. The number of hydrogen-bond acceptors (Lipinski definition) is 28. The number of oxime groups is 4. The molecule has 0 saturated carbocycles. The monoisotopic (exact) mass is 1890 g/mol. The molecule has 4 saturated heterocycles. The van der Waals surface area contributed by atoms with E-state index in [4.69, 9.17) is 61.5 Å². The lowest BCUT2D eigenvalue weighted by Crippen LogP contribution is -2.37. The summed E-state index contributed by atoms with van der Waals surface area (Å²) in [4.78, 5) is 129. The van der Waals surface area contributed by atoms with Crippen LogP contribution in [0.5, 0.6) is 46.0 Å². The lowest BCUT2D eigenvalue weighted by molar-refractivity contribution is -0.137. The van der Waals surface area contributed by atoms with Crippen molar-refractivity contribution < 1.29 is 118 Å². The van der Waals surface area contributed by atoms with Crippen molar-refractivity contribution in [1.82, 2.24) is 19.6 Å². The molecule has 0 unspecified atom stereocenters. The van der Waals surface area contributed by atoms with Crippen molar-refractivity contribution in [1.29, 1.82) is 0 Å². The summed E-state index contributed by atoms with van der Waals surface area (Å²) in [5.74, 6) is -6.00. The number of ether oxygens (including phenoxy) is 4. The van der Waals surface area contributed by atoms with Crippen LogP contribution < -0.4 is 0 Å². The topological polar surface area (TPSA) is 435 Å². The van der Waals surface area contributed by atoms with E-state index >= 15 is 0 Å². The van der Waals surface area contributed by atoms with Gasteiger partial charge in [-0.3, -0.25) is 19.2 Å². The molecule has 4 amide bonds. The molecule has 8 heterocycles. The van der Waals surface area contributed by atoms with Crippen LogP contribution in [0, 0.1) is 0 Å². The Bertz CT molecular complexity index is 4820. The zero-order valence-electron chi connectivity index (χ0n) is 76.9. The number of cyclic esters (lactones) is 4. The lowest BCUT2D eigenvalue weighted by Gasteiger charge is -2.26. The third-order valence-electron chi connectivity index (χ3n) is 22.8. The first kappa shape index (κ1) is 105. The SMILES string of the molecule is C/C1=C\C(=N/OCC(=O)N2CCCCC2)Cc2c(Cl)c(O)cc(O)c2C(=O)OCC/C=C/CC1.C/C1=C\C(=N/OCC(=O)N2CCCCC2)Cc2cc(O)cc(O)c2C(=O)OCC/C=C/CC1.C/C1=C\C(=N\OCC(=O)N2CCCCC2)Cc2c(Cl)c(O)cc(O)c2C(=O)OCC/C=C/CC1.C/C1=C\C(=N\OCC(=O)N2CCCCC2)Cc2cc(O)cc(O)c2C(=O)OCC/C=C/CC1. The zero-order valence-corrected chi connectivity index (χ0v) is 78.5. The van der Waals surface area contributed by atoms with Crippen LogP contribution in [-0.2, 0) is 83.2 Å². The van der Waals surface area contributed by atoms with E-state index in [1.54, 1.807) is 31.8 Å². The summed E-state index contributed by atoms with van der Waals surface area (Å²) in [5.41, 5.74) is 6.62. The van der Waals surface area contributed by atoms with Gasteiger partial charge < -0.3 is 98.7 Å². The van der Waals surface area contributed by atoms with Gasteiger partial charge in [0.15, 0.2) is 26.4 Å². The van der Waals surface area contributed by atoms with Gasteiger partial charge in [0.2, 0.25) is 0 Å². The molecule has 34 heteroatoms. The Morgan fingerprint density at radius 1 is 0.313 bits per heavy atom. The second kappa shape index (κ2) is 55.8. The Kier molecular flexibility index (Phi) is 43.8. The van der Waals surface area contributed by atoms with Gasteiger partial charge in [0.25, 0.3) is 23.6 Å². The van der Waals surface area contributed by atoms with Gasteiger partial charge in [-0.05, 0) is 240 Å². The lowest BCUT2D eigenvalue weighted by atomic mass is 9.98. The number of halogens is 2. The molecule has 134 heavy (non-hydrogen) atoms. The number of amides is 4.